The molecule has 0 radical (unpaired) electrons. The van der Waals surface area contributed by atoms with Crippen molar-refractivity contribution >= 4 is 33.1 Å². The first-order valence-electron chi connectivity index (χ1n) is 9.78. The zero-order valence-electron chi connectivity index (χ0n) is 17.2. The first-order valence-corrected chi connectivity index (χ1v) is 10.6. The number of hydrogen-bond donors (Lipinski definition) is 1. The largest absolute Gasteiger partial charge is 0.333 e. The minimum atomic E-state index is -0.433. The number of carbonyl (C=O) groups excluding carboxylic acids is 1. The quantitative estimate of drug-likeness (QED) is 0.424. The van der Waals surface area contributed by atoms with Gasteiger partial charge >= 0.3 is 0 Å². The smallest absolute Gasteiger partial charge is 0.268 e. The topological polar surface area (TPSA) is 116 Å². The normalized spacial score (nSPS) is 11.1. The average molecular weight is 462 g/mol. The van der Waals surface area contributed by atoms with E-state index in [1.54, 1.807) is 31.5 Å². The molecule has 4 heterocycles. The van der Waals surface area contributed by atoms with Crippen molar-refractivity contribution in [1.29, 1.82) is 0 Å². The van der Waals surface area contributed by atoms with Crippen LogP contribution in [0.5, 0.6) is 0 Å². The number of aromatic nitrogens is 5. The molecule has 0 saturated carbocycles. The molecule has 0 aliphatic carbocycles. The Labute approximate surface area is 189 Å². The minimum Gasteiger partial charge on any atom is -0.333 e. The number of carbonyl (C=O) groups is 1. The molecule has 164 valence electrons. The van der Waals surface area contributed by atoms with E-state index in [1.807, 2.05) is 0 Å². The number of nitrogens with one attached hydrogen (secondary N) is 1. The Kier molecular flexibility index (Phi) is 5.23. The van der Waals surface area contributed by atoms with Crippen molar-refractivity contribution in [2.24, 2.45) is 0 Å². The van der Waals surface area contributed by atoms with Crippen LogP contribution >= 0.6 is 11.3 Å². The van der Waals surface area contributed by atoms with Crippen molar-refractivity contribution in [2.75, 3.05) is 5.32 Å². The molecular formula is C22H15FN6O3S. The number of benzene rings is 1. The van der Waals surface area contributed by atoms with Crippen molar-refractivity contribution < 1.29 is 13.7 Å². The Balaban J connectivity index is 1.44. The van der Waals surface area contributed by atoms with Crippen molar-refractivity contribution in [1.82, 2.24) is 24.7 Å². The summed E-state index contributed by atoms with van der Waals surface area (Å²) in [6.45, 7) is 1.53. The van der Waals surface area contributed by atoms with E-state index < -0.39 is 11.7 Å². The highest BCUT2D eigenvalue weighted by Crippen LogP contribution is 2.35. The third kappa shape index (κ3) is 4.01. The highest BCUT2D eigenvalue weighted by atomic mass is 32.1. The predicted molar refractivity (Wildman–Crippen MR) is 120 cm³/mol. The summed E-state index contributed by atoms with van der Waals surface area (Å²) in [6.07, 6.45) is 4.59. The number of hydrogen-bond acceptors (Lipinski definition) is 8. The minimum absolute atomic E-state index is 0.240. The molecule has 4 aromatic heterocycles. The van der Waals surface area contributed by atoms with Crippen LogP contribution in [-0.4, -0.2) is 30.6 Å². The number of aryl methyl sites for hydroxylation is 1. The lowest BCUT2D eigenvalue weighted by Crippen LogP contribution is -2.27. The highest BCUT2D eigenvalue weighted by molar-refractivity contribution is 7.22. The first-order chi connectivity index (χ1) is 16.0. The predicted octanol–water partition coefficient (Wildman–Crippen LogP) is 3.66. The third-order valence-corrected chi connectivity index (χ3v) is 6.11. The lowest BCUT2D eigenvalue weighted by atomic mass is 10.2. The molecule has 0 unspecified atom stereocenters. The van der Waals surface area contributed by atoms with Gasteiger partial charge in [-0.2, -0.15) is 4.98 Å². The molecule has 1 N–H and O–H groups in total. The van der Waals surface area contributed by atoms with Gasteiger partial charge in [-0.3, -0.25) is 19.1 Å². The van der Waals surface area contributed by atoms with Crippen LogP contribution in [-0.2, 0) is 11.3 Å². The van der Waals surface area contributed by atoms with E-state index in [0.717, 1.165) is 5.56 Å². The molecule has 0 atom stereocenters. The summed E-state index contributed by atoms with van der Waals surface area (Å²) >= 11 is 1.26. The zero-order chi connectivity index (χ0) is 22.9. The number of pyridine rings is 1. The molecule has 1 amide bonds. The fourth-order valence-corrected chi connectivity index (χ4v) is 4.36. The van der Waals surface area contributed by atoms with E-state index in [2.05, 4.69) is 25.4 Å². The molecule has 33 heavy (non-hydrogen) atoms. The third-order valence-electron chi connectivity index (χ3n) is 4.92. The van der Waals surface area contributed by atoms with Gasteiger partial charge in [0, 0.05) is 23.6 Å². The van der Waals surface area contributed by atoms with Crippen LogP contribution in [0.3, 0.4) is 0 Å². The molecule has 0 aliphatic rings. The standard InChI is InChI=1S/C22H15FN6O3S/c1-12-17-21(33-18(12)20-27-19(28-32-20)13-6-8-24-9-7-13)25-11-29(22(17)31)10-16(30)26-15-4-2-14(23)3-5-15/h2-9,11H,10H2,1H3,(H,26,30). The molecule has 5 rings (SSSR count). The van der Waals surface area contributed by atoms with Crippen LogP contribution < -0.4 is 10.9 Å². The molecule has 11 heteroatoms. The summed E-state index contributed by atoms with van der Waals surface area (Å²) in [4.78, 5) is 39.3. The van der Waals surface area contributed by atoms with Gasteiger partial charge in [0.1, 0.15) is 17.2 Å². The van der Waals surface area contributed by atoms with Gasteiger partial charge < -0.3 is 9.84 Å². The molecule has 5 aromatic rings. The molecule has 0 spiro atoms. The van der Waals surface area contributed by atoms with Crippen LogP contribution in [0.25, 0.3) is 32.4 Å². The van der Waals surface area contributed by atoms with Crippen LogP contribution in [0.4, 0.5) is 10.1 Å². The number of anilines is 1. The summed E-state index contributed by atoms with van der Waals surface area (Å²) < 4.78 is 19.7. The average Bonchev–Trinajstić information content (AvgIpc) is 3.43. The van der Waals surface area contributed by atoms with Crippen molar-refractivity contribution in [2.45, 2.75) is 13.5 Å². The second-order valence-corrected chi connectivity index (χ2v) is 8.13. The lowest BCUT2D eigenvalue weighted by Gasteiger charge is -2.07. The van der Waals surface area contributed by atoms with E-state index in [-0.39, 0.29) is 18.0 Å². The Hall–Kier alpha value is -4.25. The number of rotatable bonds is 5. The molecule has 0 aliphatic heterocycles. The maximum absolute atomic E-state index is 13.1. The number of nitrogens with zero attached hydrogens (tertiary/aromatic N) is 5. The van der Waals surface area contributed by atoms with Gasteiger partial charge in [-0.25, -0.2) is 9.37 Å². The first kappa shape index (κ1) is 20.6. The van der Waals surface area contributed by atoms with Gasteiger partial charge in [0.15, 0.2) is 0 Å². The summed E-state index contributed by atoms with van der Waals surface area (Å²) in [5, 5.41) is 7.03. The molecule has 1 aromatic carbocycles. The second kappa shape index (κ2) is 8.36. The Morgan fingerprint density at radius 1 is 1.18 bits per heavy atom. The van der Waals surface area contributed by atoms with E-state index in [1.165, 1.54) is 46.5 Å². The maximum atomic E-state index is 13.1. The monoisotopic (exact) mass is 462 g/mol. The summed E-state index contributed by atoms with van der Waals surface area (Å²) in [7, 11) is 0. The van der Waals surface area contributed by atoms with E-state index >= 15 is 0 Å². The Bertz CT molecular complexity index is 1530. The fraction of sp³-hybridized carbons (Fsp3) is 0.0909. The van der Waals surface area contributed by atoms with Crippen LogP contribution in [0.2, 0.25) is 0 Å². The summed E-state index contributed by atoms with van der Waals surface area (Å²) in [5.74, 6) is -0.150. The van der Waals surface area contributed by atoms with Gasteiger partial charge in [0.25, 0.3) is 11.4 Å². The molecule has 0 saturated heterocycles. The van der Waals surface area contributed by atoms with E-state index in [9.17, 15) is 14.0 Å². The highest BCUT2D eigenvalue weighted by Gasteiger charge is 2.21. The molecular weight excluding hydrogens is 447 g/mol. The van der Waals surface area contributed by atoms with Gasteiger partial charge in [-0.05, 0) is 48.9 Å². The van der Waals surface area contributed by atoms with Gasteiger partial charge in [-0.1, -0.05) is 5.16 Å². The number of fused-ring (bicyclic) bond motifs is 1. The summed E-state index contributed by atoms with van der Waals surface area (Å²) in [6, 6.07) is 8.90. The van der Waals surface area contributed by atoms with Crippen molar-refractivity contribution in [3.63, 3.8) is 0 Å². The maximum Gasteiger partial charge on any atom is 0.268 e. The number of halogens is 1. The molecule has 0 fully saturated rings. The lowest BCUT2D eigenvalue weighted by molar-refractivity contribution is -0.116. The second-order valence-electron chi connectivity index (χ2n) is 7.13. The van der Waals surface area contributed by atoms with E-state index in [0.29, 0.717) is 32.2 Å². The van der Waals surface area contributed by atoms with Gasteiger partial charge in [0.05, 0.1) is 16.6 Å². The van der Waals surface area contributed by atoms with Crippen LogP contribution in [0.15, 0.2) is 64.4 Å². The SMILES string of the molecule is Cc1c(-c2nc(-c3ccncc3)no2)sc2ncn(CC(=O)Nc3ccc(F)cc3)c(=O)c12. The van der Waals surface area contributed by atoms with Crippen LogP contribution in [0.1, 0.15) is 5.56 Å². The number of amides is 1. The Morgan fingerprint density at radius 3 is 2.70 bits per heavy atom. The van der Waals surface area contributed by atoms with Crippen molar-refractivity contribution in [3.8, 4) is 22.2 Å². The summed E-state index contributed by atoms with van der Waals surface area (Å²) in [5.41, 5.74) is 1.47. The molecule has 0 bridgehead atoms. The van der Waals surface area contributed by atoms with E-state index in [4.69, 9.17) is 4.52 Å². The molecule has 9 nitrogen and oxygen atoms in total. The Morgan fingerprint density at radius 2 is 1.94 bits per heavy atom. The van der Waals surface area contributed by atoms with Crippen LogP contribution in [0, 0.1) is 12.7 Å². The zero-order valence-corrected chi connectivity index (χ0v) is 18.0. The fourth-order valence-electron chi connectivity index (χ4n) is 3.30. The van der Waals surface area contributed by atoms with Crippen molar-refractivity contribution in [3.05, 3.63) is 76.9 Å². The van der Waals surface area contributed by atoms with Gasteiger partial charge in [0.2, 0.25) is 11.7 Å². The van der Waals surface area contributed by atoms with Gasteiger partial charge in [-0.15, -0.1) is 11.3 Å². The number of thiophene rings is 1.